The van der Waals surface area contributed by atoms with E-state index in [2.05, 4.69) is 42.5 Å². The van der Waals surface area contributed by atoms with Gasteiger partial charge in [0.1, 0.15) is 5.75 Å². The van der Waals surface area contributed by atoms with E-state index >= 15 is 0 Å². The van der Waals surface area contributed by atoms with E-state index < -0.39 is 0 Å². The van der Waals surface area contributed by atoms with Crippen LogP contribution in [0.2, 0.25) is 0 Å². The van der Waals surface area contributed by atoms with Crippen LogP contribution >= 0.6 is 0 Å². The van der Waals surface area contributed by atoms with Crippen molar-refractivity contribution in [3.63, 3.8) is 0 Å². The first-order valence-corrected chi connectivity index (χ1v) is 10.4. The van der Waals surface area contributed by atoms with E-state index in [9.17, 15) is 5.11 Å². The lowest BCUT2D eigenvalue weighted by atomic mass is 9.87. The molecule has 0 spiro atoms. The first-order chi connectivity index (χ1) is 14.3. The number of hydrogen-bond donors (Lipinski definition) is 1. The predicted octanol–water partition coefficient (Wildman–Crippen LogP) is 7.32. The molecule has 4 bridgehead atoms. The fourth-order valence-corrected chi connectivity index (χ4v) is 5.37. The third-order valence-electron chi connectivity index (χ3n) is 6.64. The van der Waals surface area contributed by atoms with Crippen LogP contribution in [0.5, 0.6) is 5.75 Å². The lowest BCUT2D eigenvalue weighted by molar-refractivity contribution is 0.481. The van der Waals surface area contributed by atoms with Crippen molar-refractivity contribution >= 4 is 32.3 Å². The summed E-state index contributed by atoms with van der Waals surface area (Å²) < 4.78 is 0. The number of phenolic OH excluding ortho intramolecular Hbond substituents is 1. The molecule has 5 aromatic rings. The van der Waals surface area contributed by atoms with Crippen LogP contribution in [-0.2, 0) is 6.42 Å². The Morgan fingerprint density at radius 2 is 1.41 bits per heavy atom. The average Bonchev–Trinajstić information content (AvgIpc) is 2.88. The third-order valence-corrected chi connectivity index (χ3v) is 6.64. The Morgan fingerprint density at radius 1 is 0.655 bits per heavy atom. The van der Waals surface area contributed by atoms with Gasteiger partial charge in [0.2, 0.25) is 0 Å². The number of aromatic hydroxyl groups is 1. The highest BCUT2D eigenvalue weighted by atomic mass is 16.3. The van der Waals surface area contributed by atoms with Crippen LogP contribution in [0.4, 0.5) is 0 Å². The molecule has 7 rings (SSSR count). The predicted molar refractivity (Wildman–Crippen MR) is 122 cm³/mol. The van der Waals surface area contributed by atoms with E-state index in [1.807, 2.05) is 36.4 Å². The number of fused-ring (bicyclic) bond motifs is 4. The van der Waals surface area contributed by atoms with Crippen LogP contribution < -0.4 is 0 Å². The second kappa shape index (κ2) is 6.35. The molecule has 2 aliphatic rings. The minimum absolute atomic E-state index is 0.350. The monoisotopic (exact) mass is 374 g/mol. The molecule has 0 aromatic heterocycles. The first kappa shape index (κ1) is 16.6. The van der Waals surface area contributed by atoms with Gasteiger partial charge in [-0.15, -0.1) is 0 Å². The maximum atomic E-state index is 9.37. The Hall–Kier alpha value is -3.32. The SMILES string of the molecule is Oc1cccc2ccccc12.c1ccc2c(c1)cc1c3c4c(ccc32)C1CCC4. The number of phenols is 1. The summed E-state index contributed by atoms with van der Waals surface area (Å²) in [4.78, 5) is 0. The summed E-state index contributed by atoms with van der Waals surface area (Å²) in [6.07, 6.45) is 3.99. The van der Waals surface area contributed by atoms with Crippen molar-refractivity contribution in [1.82, 2.24) is 0 Å². The highest BCUT2D eigenvalue weighted by Crippen LogP contribution is 2.50. The fraction of sp³-hybridized carbons (Fsp3) is 0.143. The molecule has 1 atom stereocenters. The van der Waals surface area contributed by atoms with Gasteiger partial charge in [-0.05, 0) is 75.0 Å². The van der Waals surface area contributed by atoms with Gasteiger partial charge in [-0.1, -0.05) is 72.8 Å². The summed E-state index contributed by atoms with van der Waals surface area (Å²) in [6.45, 7) is 0. The topological polar surface area (TPSA) is 20.2 Å². The van der Waals surface area contributed by atoms with Crippen LogP contribution in [0.1, 0.15) is 35.4 Å². The molecule has 1 nitrogen and oxygen atoms in total. The van der Waals surface area contributed by atoms with Gasteiger partial charge in [0.05, 0.1) is 0 Å². The average molecular weight is 374 g/mol. The van der Waals surface area contributed by atoms with Gasteiger partial charge in [-0.2, -0.15) is 0 Å². The molecule has 0 saturated carbocycles. The maximum absolute atomic E-state index is 9.37. The lowest BCUT2D eigenvalue weighted by Crippen LogP contribution is -2.03. The quantitative estimate of drug-likeness (QED) is 0.282. The Morgan fingerprint density at radius 3 is 2.28 bits per heavy atom. The molecule has 1 N–H and O–H groups in total. The maximum Gasteiger partial charge on any atom is 0.123 e. The van der Waals surface area contributed by atoms with Gasteiger partial charge in [0, 0.05) is 11.3 Å². The molecular formula is C28H22O. The highest BCUT2D eigenvalue weighted by Gasteiger charge is 2.32. The van der Waals surface area contributed by atoms with Gasteiger partial charge < -0.3 is 5.11 Å². The molecule has 0 aliphatic heterocycles. The van der Waals surface area contributed by atoms with Crippen LogP contribution in [0, 0.1) is 0 Å². The fourth-order valence-electron chi connectivity index (χ4n) is 5.37. The molecule has 0 radical (unpaired) electrons. The van der Waals surface area contributed by atoms with Crippen LogP contribution in [0.25, 0.3) is 32.3 Å². The van der Waals surface area contributed by atoms with Crippen molar-refractivity contribution in [3.05, 3.63) is 102 Å². The standard InChI is InChI=1S/C18H14.C10H8O/c1-2-5-12-11(4-1)10-17-13-6-3-7-15-14(13)8-9-16(12)18(15)17;11-10-7-3-5-8-4-1-2-6-9(8)10/h1-2,4-5,8-10,13H,3,6-7H2;1-7,11H. The van der Waals surface area contributed by atoms with Gasteiger partial charge in [-0.3, -0.25) is 0 Å². The normalized spacial score (nSPS) is 16.3. The minimum atomic E-state index is 0.350. The summed E-state index contributed by atoms with van der Waals surface area (Å²) >= 11 is 0. The van der Waals surface area contributed by atoms with E-state index in [1.54, 1.807) is 28.1 Å². The van der Waals surface area contributed by atoms with Crippen molar-refractivity contribution in [2.75, 3.05) is 0 Å². The van der Waals surface area contributed by atoms with E-state index in [4.69, 9.17) is 0 Å². The zero-order valence-electron chi connectivity index (χ0n) is 16.2. The first-order valence-electron chi connectivity index (χ1n) is 10.4. The van der Waals surface area contributed by atoms with Gasteiger partial charge >= 0.3 is 0 Å². The molecule has 5 aromatic carbocycles. The van der Waals surface area contributed by atoms with Gasteiger partial charge in [0.15, 0.2) is 0 Å². The molecule has 0 amide bonds. The van der Waals surface area contributed by atoms with Crippen molar-refractivity contribution in [1.29, 1.82) is 0 Å². The van der Waals surface area contributed by atoms with Gasteiger partial charge in [-0.25, -0.2) is 0 Å². The van der Waals surface area contributed by atoms with Gasteiger partial charge in [0.25, 0.3) is 0 Å². The second-order valence-corrected chi connectivity index (χ2v) is 8.19. The number of benzene rings is 5. The van der Waals surface area contributed by atoms with Crippen LogP contribution in [0.3, 0.4) is 0 Å². The van der Waals surface area contributed by atoms with Crippen molar-refractivity contribution in [2.24, 2.45) is 0 Å². The van der Waals surface area contributed by atoms with Crippen molar-refractivity contribution < 1.29 is 5.11 Å². The molecule has 0 fully saturated rings. The summed E-state index contributed by atoms with van der Waals surface area (Å²) in [5.74, 6) is 1.05. The van der Waals surface area contributed by atoms with Crippen LogP contribution in [0.15, 0.2) is 84.9 Å². The summed E-state index contributed by atoms with van der Waals surface area (Å²) in [6, 6.07) is 29.3. The van der Waals surface area contributed by atoms with E-state index in [-0.39, 0.29) is 0 Å². The molecule has 0 heterocycles. The Kier molecular flexibility index (Phi) is 3.64. The van der Waals surface area contributed by atoms with E-state index in [0.717, 1.165) is 10.8 Å². The van der Waals surface area contributed by atoms with E-state index in [1.165, 1.54) is 35.4 Å². The summed E-state index contributed by atoms with van der Waals surface area (Å²) in [5, 5.41) is 17.3. The van der Waals surface area contributed by atoms with Crippen LogP contribution in [-0.4, -0.2) is 5.11 Å². The zero-order valence-corrected chi connectivity index (χ0v) is 16.2. The molecule has 1 heteroatoms. The second-order valence-electron chi connectivity index (χ2n) is 8.19. The Bertz CT molecular complexity index is 1390. The molecular weight excluding hydrogens is 352 g/mol. The zero-order chi connectivity index (χ0) is 19.4. The highest BCUT2D eigenvalue weighted by molar-refractivity contribution is 6.12. The summed E-state index contributed by atoms with van der Waals surface area (Å²) in [5.41, 5.74) is 4.89. The number of aryl methyl sites for hydroxylation is 1. The molecule has 0 saturated heterocycles. The minimum Gasteiger partial charge on any atom is -0.507 e. The van der Waals surface area contributed by atoms with E-state index in [0.29, 0.717) is 11.7 Å². The summed E-state index contributed by atoms with van der Waals surface area (Å²) in [7, 11) is 0. The number of rotatable bonds is 0. The molecule has 2 aliphatic carbocycles. The largest absolute Gasteiger partial charge is 0.507 e. The Labute approximate surface area is 170 Å². The Balaban J connectivity index is 0.000000130. The molecule has 1 unspecified atom stereocenters. The number of hydrogen-bond acceptors (Lipinski definition) is 1. The molecule has 140 valence electrons. The third kappa shape index (κ3) is 2.47. The smallest absolute Gasteiger partial charge is 0.123 e. The van der Waals surface area contributed by atoms with Crippen molar-refractivity contribution in [3.8, 4) is 5.75 Å². The lowest BCUT2D eigenvalue weighted by Gasteiger charge is -2.17. The van der Waals surface area contributed by atoms with Crippen molar-refractivity contribution in [2.45, 2.75) is 25.2 Å². The molecule has 29 heavy (non-hydrogen) atoms.